The summed E-state index contributed by atoms with van der Waals surface area (Å²) < 4.78 is 58.2. The number of oxime groups is 1. The van der Waals surface area contributed by atoms with Gasteiger partial charge in [-0.2, -0.15) is 0 Å². The molecule has 5 rings (SSSR count). The van der Waals surface area contributed by atoms with Crippen LogP contribution in [0.4, 0.5) is 11.4 Å². The summed E-state index contributed by atoms with van der Waals surface area (Å²) in [6, 6.07) is 19.8. The van der Waals surface area contributed by atoms with Gasteiger partial charge in [0.25, 0.3) is 20.0 Å². The van der Waals surface area contributed by atoms with E-state index >= 15 is 0 Å². The van der Waals surface area contributed by atoms with Gasteiger partial charge in [0.1, 0.15) is 5.71 Å². The van der Waals surface area contributed by atoms with Crippen LogP contribution in [0.25, 0.3) is 11.1 Å². The number of fused-ring (bicyclic) bond motifs is 3. The Labute approximate surface area is 228 Å². The van der Waals surface area contributed by atoms with Crippen molar-refractivity contribution in [2.45, 2.75) is 37.5 Å². The van der Waals surface area contributed by atoms with Crippen molar-refractivity contribution in [3.63, 3.8) is 0 Å². The lowest BCUT2D eigenvalue weighted by Crippen LogP contribution is -2.15. The standard InChI is InChI=1S/C29H27N3O5S2/c1-17-7-5-9-27(19(17)3)31-38(34,35)21-11-13-23-24-14-12-22(16-26(24)29(30-33)25(23)15-21)39(36,37)32-28-10-6-8-18(2)20(28)4/h5-16,31-33H,1-4H3. The predicted molar refractivity (Wildman–Crippen MR) is 153 cm³/mol. The number of rotatable bonds is 6. The molecule has 0 saturated heterocycles. The zero-order chi connectivity index (χ0) is 28.1. The number of nitrogens with zero attached hydrogens (tertiary/aromatic N) is 1. The van der Waals surface area contributed by atoms with Crippen LogP contribution >= 0.6 is 0 Å². The van der Waals surface area contributed by atoms with Gasteiger partial charge >= 0.3 is 0 Å². The summed E-state index contributed by atoms with van der Waals surface area (Å²) >= 11 is 0. The van der Waals surface area contributed by atoms with Crippen LogP contribution in [-0.4, -0.2) is 27.8 Å². The molecule has 4 aromatic carbocycles. The van der Waals surface area contributed by atoms with Gasteiger partial charge in [-0.05, 0) is 97.5 Å². The highest BCUT2D eigenvalue weighted by Gasteiger charge is 2.30. The second kappa shape index (κ2) is 9.55. The minimum Gasteiger partial charge on any atom is -0.410 e. The molecule has 0 aromatic heterocycles. The van der Waals surface area contributed by atoms with Crippen molar-refractivity contribution in [1.29, 1.82) is 0 Å². The van der Waals surface area contributed by atoms with Crippen molar-refractivity contribution < 1.29 is 22.0 Å². The third-order valence-corrected chi connectivity index (χ3v) is 9.93. The Morgan fingerprint density at radius 1 is 0.590 bits per heavy atom. The Kier molecular flexibility index (Phi) is 6.48. The maximum atomic E-state index is 13.2. The second-order valence-electron chi connectivity index (χ2n) is 9.57. The van der Waals surface area contributed by atoms with E-state index in [1.165, 1.54) is 24.3 Å². The highest BCUT2D eigenvalue weighted by molar-refractivity contribution is 7.93. The molecule has 39 heavy (non-hydrogen) atoms. The molecule has 0 amide bonds. The fourth-order valence-corrected chi connectivity index (χ4v) is 6.92. The van der Waals surface area contributed by atoms with E-state index in [2.05, 4.69) is 14.6 Å². The molecule has 0 heterocycles. The van der Waals surface area contributed by atoms with Crippen LogP contribution in [0.15, 0.2) is 87.7 Å². The summed E-state index contributed by atoms with van der Waals surface area (Å²) in [5.74, 6) is 0. The van der Waals surface area contributed by atoms with Crippen molar-refractivity contribution >= 4 is 37.1 Å². The number of nitrogens with one attached hydrogen (secondary N) is 2. The predicted octanol–water partition coefficient (Wildman–Crippen LogP) is 5.73. The summed E-state index contributed by atoms with van der Waals surface area (Å²) in [5, 5.41) is 13.3. The largest absolute Gasteiger partial charge is 0.410 e. The highest BCUT2D eigenvalue weighted by Crippen LogP contribution is 2.39. The van der Waals surface area contributed by atoms with Crippen LogP contribution in [0.5, 0.6) is 0 Å². The molecule has 200 valence electrons. The van der Waals surface area contributed by atoms with Gasteiger partial charge < -0.3 is 5.21 Å². The van der Waals surface area contributed by atoms with Crippen molar-refractivity contribution in [3.05, 3.63) is 106 Å². The summed E-state index contributed by atoms with van der Waals surface area (Å²) in [5.41, 5.74) is 6.60. The maximum absolute atomic E-state index is 13.2. The third-order valence-electron chi connectivity index (χ3n) is 7.20. The average molecular weight is 562 g/mol. The van der Waals surface area contributed by atoms with E-state index in [1.54, 1.807) is 36.4 Å². The molecule has 10 heteroatoms. The minimum atomic E-state index is -3.96. The number of aryl methyl sites for hydroxylation is 2. The van der Waals surface area contributed by atoms with Gasteiger partial charge in [-0.1, -0.05) is 41.6 Å². The maximum Gasteiger partial charge on any atom is 0.261 e. The molecule has 0 radical (unpaired) electrons. The Morgan fingerprint density at radius 3 is 1.38 bits per heavy atom. The topological polar surface area (TPSA) is 125 Å². The first-order valence-corrected chi connectivity index (χ1v) is 15.1. The average Bonchev–Trinajstić information content (AvgIpc) is 3.21. The number of anilines is 2. The Hall–Kier alpha value is -4.15. The molecule has 0 aliphatic heterocycles. The van der Waals surface area contributed by atoms with Crippen molar-refractivity contribution in [2.75, 3.05) is 9.44 Å². The molecule has 8 nitrogen and oxygen atoms in total. The number of benzene rings is 4. The molecular weight excluding hydrogens is 534 g/mol. The molecule has 0 atom stereocenters. The minimum absolute atomic E-state index is 0.0134. The Balaban J connectivity index is 1.51. The van der Waals surface area contributed by atoms with Crippen molar-refractivity contribution in [3.8, 4) is 11.1 Å². The smallest absolute Gasteiger partial charge is 0.261 e. The lowest BCUT2D eigenvalue weighted by Gasteiger charge is -2.13. The first kappa shape index (κ1) is 26.5. The van der Waals surface area contributed by atoms with Gasteiger partial charge in [0.2, 0.25) is 0 Å². The third kappa shape index (κ3) is 4.66. The SMILES string of the molecule is Cc1cccc(NS(=O)(=O)c2ccc3c(c2)C(=NO)c2cc(S(=O)(=O)Nc4cccc(C)c4C)ccc2-3)c1C. The fraction of sp³-hybridized carbons (Fsp3) is 0.138. The molecule has 4 aromatic rings. The summed E-state index contributed by atoms with van der Waals surface area (Å²) in [7, 11) is -7.92. The number of hydrogen-bond donors (Lipinski definition) is 3. The van der Waals surface area contributed by atoms with Gasteiger partial charge in [-0.15, -0.1) is 0 Å². The van der Waals surface area contributed by atoms with Gasteiger partial charge in [0, 0.05) is 11.1 Å². The van der Waals surface area contributed by atoms with E-state index in [-0.39, 0.29) is 15.5 Å². The summed E-state index contributed by atoms with van der Waals surface area (Å²) in [6.07, 6.45) is 0. The number of sulfonamides is 2. The van der Waals surface area contributed by atoms with Crippen LogP contribution < -0.4 is 9.44 Å². The summed E-state index contributed by atoms with van der Waals surface area (Å²) in [6.45, 7) is 7.47. The van der Waals surface area contributed by atoms with Crippen LogP contribution in [-0.2, 0) is 20.0 Å². The first-order valence-electron chi connectivity index (χ1n) is 12.1. The molecular formula is C29H27N3O5S2. The lowest BCUT2D eigenvalue weighted by molar-refractivity contribution is 0.320. The quantitative estimate of drug-likeness (QED) is 0.180. The first-order chi connectivity index (χ1) is 18.4. The van der Waals surface area contributed by atoms with Crippen LogP contribution in [0.3, 0.4) is 0 Å². The number of hydrogen-bond acceptors (Lipinski definition) is 6. The van der Waals surface area contributed by atoms with E-state index in [0.29, 0.717) is 33.6 Å². The van der Waals surface area contributed by atoms with Crippen molar-refractivity contribution in [2.24, 2.45) is 5.16 Å². The van der Waals surface area contributed by atoms with Crippen LogP contribution in [0.2, 0.25) is 0 Å². The van der Waals surface area contributed by atoms with Gasteiger partial charge in [-0.3, -0.25) is 9.44 Å². The van der Waals surface area contributed by atoms with Crippen molar-refractivity contribution in [1.82, 2.24) is 0 Å². The molecule has 0 unspecified atom stereocenters. The molecule has 3 N–H and O–H groups in total. The Morgan fingerprint density at radius 2 is 1.00 bits per heavy atom. The van der Waals surface area contributed by atoms with Gasteiger partial charge in [0.05, 0.1) is 21.2 Å². The molecule has 0 bridgehead atoms. The molecule has 1 aliphatic carbocycles. The van der Waals surface area contributed by atoms with Gasteiger partial charge in [0.15, 0.2) is 0 Å². The van der Waals surface area contributed by atoms with E-state index in [0.717, 1.165) is 22.3 Å². The molecule has 0 saturated carbocycles. The highest BCUT2D eigenvalue weighted by atomic mass is 32.2. The monoisotopic (exact) mass is 561 g/mol. The van der Waals surface area contributed by atoms with E-state index in [9.17, 15) is 22.0 Å². The molecule has 0 spiro atoms. The second-order valence-corrected chi connectivity index (χ2v) is 12.9. The molecule has 1 aliphatic rings. The van der Waals surface area contributed by atoms with Gasteiger partial charge in [-0.25, -0.2) is 16.8 Å². The zero-order valence-electron chi connectivity index (χ0n) is 21.8. The van der Waals surface area contributed by atoms with Crippen LogP contribution in [0, 0.1) is 27.7 Å². The van der Waals surface area contributed by atoms with E-state index < -0.39 is 20.0 Å². The lowest BCUT2D eigenvalue weighted by atomic mass is 10.1. The van der Waals surface area contributed by atoms with Crippen LogP contribution in [0.1, 0.15) is 33.4 Å². The van der Waals surface area contributed by atoms with E-state index in [4.69, 9.17) is 0 Å². The summed E-state index contributed by atoms with van der Waals surface area (Å²) in [4.78, 5) is -0.0268. The fourth-order valence-electron chi connectivity index (χ4n) is 4.63. The zero-order valence-corrected chi connectivity index (χ0v) is 23.4. The normalized spacial score (nSPS) is 12.6. The Bertz CT molecular complexity index is 1760. The van der Waals surface area contributed by atoms with E-state index in [1.807, 2.05) is 39.8 Å². The molecule has 0 fully saturated rings.